The van der Waals surface area contributed by atoms with E-state index in [4.69, 9.17) is 9.94 Å². The third-order valence-corrected chi connectivity index (χ3v) is 3.71. The van der Waals surface area contributed by atoms with E-state index >= 15 is 0 Å². The molecule has 1 aliphatic heterocycles. The quantitative estimate of drug-likeness (QED) is 0.896. The van der Waals surface area contributed by atoms with Crippen molar-refractivity contribution in [3.8, 4) is 0 Å². The molecule has 0 radical (unpaired) electrons. The molecule has 3 nitrogen and oxygen atoms in total. The zero-order chi connectivity index (χ0) is 12.5. The normalized spacial score (nSPS) is 18.8. The maximum atomic E-state index is 9.07. The predicted molar refractivity (Wildman–Crippen MR) is 74.7 cm³/mol. The Labute approximate surface area is 113 Å². The van der Waals surface area contributed by atoms with E-state index in [0.29, 0.717) is 0 Å². The molecule has 1 heterocycles. The maximum Gasteiger partial charge on any atom is 0.129 e. The molecule has 0 bridgehead atoms. The highest BCUT2D eigenvalue weighted by atomic mass is 79.9. The van der Waals surface area contributed by atoms with Crippen molar-refractivity contribution in [2.45, 2.75) is 6.10 Å². The molecule has 1 aliphatic rings. The molecule has 4 heteroatoms. The Bertz CT molecular complexity index is 624. The van der Waals surface area contributed by atoms with Crippen LogP contribution in [0.25, 0.3) is 16.5 Å². The summed E-state index contributed by atoms with van der Waals surface area (Å²) in [5.41, 5.74) is 4.85. The highest BCUT2D eigenvalue weighted by molar-refractivity contribution is 9.10. The van der Waals surface area contributed by atoms with Crippen LogP contribution in [0.2, 0.25) is 0 Å². The summed E-state index contributed by atoms with van der Waals surface area (Å²) in [6.45, 7) is -0.0229. The largest absolute Gasteiger partial charge is 0.393 e. The van der Waals surface area contributed by atoms with Gasteiger partial charge in [0.2, 0.25) is 0 Å². The number of hydrogen-bond acceptors (Lipinski definition) is 3. The van der Waals surface area contributed by atoms with Crippen molar-refractivity contribution >= 4 is 32.4 Å². The van der Waals surface area contributed by atoms with Crippen LogP contribution in [0.1, 0.15) is 5.56 Å². The van der Waals surface area contributed by atoms with Gasteiger partial charge in [-0.1, -0.05) is 46.3 Å². The first-order chi connectivity index (χ1) is 8.79. The fourth-order valence-electron chi connectivity index (χ4n) is 2.12. The Morgan fingerprint density at radius 2 is 1.94 bits per heavy atom. The van der Waals surface area contributed by atoms with Gasteiger partial charge >= 0.3 is 0 Å². The van der Waals surface area contributed by atoms with Crippen LogP contribution < -0.4 is 5.48 Å². The first-order valence-corrected chi connectivity index (χ1v) is 6.51. The van der Waals surface area contributed by atoms with Gasteiger partial charge in [0.1, 0.15) is 6.10 Å². The summed E-state index contributed by atoms with van der Waals surface area (Å²) in [6.07, 6.45) is 1.62. The number of nitrogens with one attached hydrogen (secondary N) is 1. The lowest BCUT2D eigenvalue weighted by molar-refractivity contribution is 0.0173. The molecule has 3 rings (SSSR count). The molecule has 0 spiro atoms. The number of fused-ring (bicyclic) bond motifs is 1. The SMILES string of the molecule is OCC1C=C(c2ccc(Br)c3ccccc23)NO1. The van der Waals surface area contributed by atoms with Crippen LogP contribution in [0.3, 0.4) is 0 Å². The van der Waals surface area contributed by atoms with Gasteiger partial charge in [-0.25, -0.2) is 0 Å². The molecule has 0 aliphatic carbocycles. The fraction of sp³-hybridized carbons (Fsp3) is 0.143. The van der Waals surface area contributed by atoms with Gasteiger partial charge in [0.25, 0.3) is 0 Å². The maximum absolute atomic E-state index is 9.07. The molecule has 1 unspecified atom stereocenters. The molecular formula is C14H12BrNO2. The molecule has 2 aromatic carbocycles. The summed E-state index contributed by atoms with van der Waals surface area (Å²) in [6, 6.07) is 12.2. The standard InChI is InChI=1S/C14H12BrNO2/c15-13-6-5-12(10-3-1-2-4-11(10)13)14-7-9(8-17)18-16-14/h1-7,9,16-17H,8H2. The van der Waals surface area contributed by atoms with E-state index in [9.17, 15) is 0 Å². The van der Waals surface area contributed by atoms with Crippen molar-refractivity contribution in [3.63, 3.8) is 0 Å². The minimum Gasteiger partial charge on any atom is -0.393 e. The van der Waals surface area contributed by atoms with Gasteiger partial charge in [0.05, 0.1) is 12.3 Å². The van der Waals surface area contributed by atoms with Crippen LogP contribution in [0.5, 0.6) is 0 Å². The van der Waals surface area contributed by atoms with Crippen LogP contribution in [0, 0.1) is 0 Å². The molecule has 0 saturated carbocycles. The number of aliphatic hydroxyl groups is 1. The fourth-order valence-corrected chi connectivity index (χ4v) is 2.60. The highest BCUT2D eigenvalue weighted by Gasteiger charge is 2.18. The molecule has 1 atom stereocenters. The van der Waals surface area contributed by atoms with Crippen molar-refractivity contribution in [1.29, 1.82) is 0 Å². The smallest absolute Gasteiger partial charge is 0.129 e. The van der Waals surface area contributed by atoms with Gasteiger partial charge in [-0.2, -0.15) is 0 Å². The minimum atomic E-state index is -0.276. The number of hydroxylamine groups is 1. The van der Waals surface area contributed by atoms with E-state index in [2.05, 4.69) is 33.5 Å². The van der Waals surface area contributed by atoms with E-state index in [-0.39, 0.29) is 12.7 Å². The first kappa shape index (κ1) is 11.7. The summed E-state index contributed by atoms with van der Waals surface area (Å²) in [4.78, 5) is 5.24. The Hall–Kier alpha value is -1.36. The molecule has 0 aromatic heterocycles. The summed E-state index contributed by atoms with van der Waals surface area (Å²) in [5.74, 6) is 0. The molecule has 18 heavy (non-hydrogen) atoms. The van der Waals surface area contributed by atoms with Gasteiger partial charge in [-0.15, -0.1) is 0 Å². The van der Waals surface area contributed by atoms with Crippen molar-refractivity contribution < 1.29 is 9.94 Å². The van der Waals surface area contributed by atoms with Crippen LogP contribution in [0.15, 0.2) is 46.9 Å². The van der Waals surface area contributed by atoms with Crippen molar-refractivity contribution in [1.82, 2.24) is 5.48 Å². The Kier molecular flexibility index (Phi) is 3.07. The molecular weight excluding hydrogens is 294 g/mol. The first-order valence-electron chi connectivity index (χ1n) is 5.71. The lowest BCUT2D eigenvalue weighted by Gasteiger charge is -2.09. The van der Waals surface area contributed by atoms with Gasteiger partial charge in [0.15, 0.2) is 0 Å². The molecule has 2 N–H and O–H groups in total. The third kappa shape index (κ3) is 1.92. The summed E-state index contributed by atoms with van der Waals surface area (Å²) >= 11 is 3.55. The van der Waals surface area contributed by atoms with Crippen LogP contribution in [-0.2, 0) is 4.84 Å². The molecule has 0 amide bonds. The monoisotopic (exact) mass is 305 g/mol. The zero-order valence-electron chi connectivity index (χ0n) is 9.56. The average Bonchev–Trinajstić information content (AvgIpc) is 2.88. The lowest BCUT2D eigenvalue weighted by Crippen LogP contribution is -2.15. The topological polar surface area (TPSA) is 41.5 Å². The second kappa shape index (κ2) is 4.72. The van der Waals surface area contributed by atoms with Crippen molar-refractivity contribution in [2.24, 2.45) is 0 Å². The van der Waals surface area contributed by atoms with Gasteiger partial charge in [-0.05, 0) is 22.9 Å². The van der Waals surface area contributed by atoms with E-state index in [1.54, 1.807) is 0 Å². The highest BCUT2D eigenvalue weighted by Crippen LogP contribution is 2.31. The predicted octanol–water partition coefficient (Wildman–Crippen LogP) is 2.84. The van der Waals surface area contributed by atoms with Gasteiger partial charge in [-0.3, -0.25) is 10.3 Å². The Balaban J connectivity index is 2.16. The Morgan fingerprint density at radius 1 is 1.17 bits per heavy atom. The van der Waals surface area contributed by atoms with E-state index < -0.39 is 0 Å². The van der Waals surface area contributed by atoms with Crippen LogP contribution in [0.4, 0.5) is 0 Å². The number of halogens is 1. The third-order valence-electron chi connectivity index (χ3n) is 3.01. The molecule has 0 fully saturated rings. The number of hydrogen-bond donors (Lipinski definition) is 2. The summed E-state index contributed by atoms with van der Waals surface area (Å²) in [7, 11) is 0. The summed E-state index contributed by atoms with van der Waals surface area (Å²) < 4.78 is 1.07. The molecule has 0 saturated heterocycles. The number of benzene rings is 2. The summed E-state index contributed by atoms with van der Waals surface area (Å²) in [5, 5.41) is 11.4. The van der Waals surface area contributed by atoms with E-state index in [1.807, 2.05) is 30.3 Å². The van der Waals surface area contributed by atoms with Crippen LogP contribution in [-0.4, -0.2) is 17.8 Å². The van der Waals surface area contributed by atoms with Gasteiger partial charge < -0.3 is 5.11 Å². The van der Waals surface area contributed by atoms with Crippen molar-refractivity contribution in [2.75, 3.05) is 6.61 Å². The average molecular weight is 306 g/mol. The number of rotatable bonds is 2. The minimum absolute atomic E-state index is 0.0229. The van der Waals surface area contributed by atoms with Crippen LogP contribution >= 0.6 is 15.9 Å². The van der Waals surface area contributed by atoms with E-state index in [0.717, 1.165) is 26.5 Å². The Morgan fingerprint density at radius 3 is 2.67 bits per heavy atom. The second-order valence-corrected chi connectivity index (χ2v) is 5.02. The van der Waals surface area contributed by atoms with Gasteiger partial charge in [0, 0.05) is 10.0 Å². The zero-order valence-corrected chi connectivity index (χ0v) is 11.1. The van der Waals surface area contributed by atoms with Crippen molar-refractivity contribution in [3.05, 3.63) is 52.5 Å². The number of aliphatic hydroxyl groups excluding tert-OH is 1. The lowest BCUT2D eigenvalue weighted by atomic mass is 10.0. The van der Waals surface area contributed by atoms with E-state index in [1.165, 1.54) is 0 Å². The second-order valence-electron chi connectivity index (χ2n) is 4.16. The molecule has 2 aromatic rings. The molecule has 92 valence electrons.